The smallest absolute Gasteiger partial charge is 0.339 e. The summed E-state index contributed by atoms with van der Waals surface area (Å²) in [6.07, 6.45) is 0.972. The van der Waals surface area contributed by atoms with Crippen molar-refractivity contribution < 1.29 is 23.1 Å². The van der Waals surface area contributed by atoms with Crippen LogP contribution in [0.25, 0.3) is 11.3 Å². The van der Waals surface area contributed by atoms with Crippen LogP contribution in [-0.2, 0) is 16.8 Å². The van der Waals surface area contributed by atoms with Crippen molar-refractivity contribution in [2.24, 2.45) is 0 Å². The van der Waals surface area contributed by atoms with Crippen molar-refractivity contribution in [1.82, 2.24) is 9.97 Å². The molecule has 2 rings (SSSR count). The van der Waals surface area contributed by atoms with Gasteiger partial charge < -0.3 is 9.66 Å². The van der Waals surface area contributed by atoms with Gasteiger partial charge in [0.15, 0.2) is 0 Å². The highest BCUT2D eigenvalue weighted by Gasteiger charge is 2.17. The van der Waals surface area contributed by atoms with Gasteiger partial charge in [-0.1, -0.05) is 12.1 Å². The summed E-state index contributed by atoms with van der Waals surface area (Å²) < 4.78 is 35.0. The highest BCUT2D eigenvalue weighted by Crippen LogP contribution is 2.24. The molecule has 0 aliphatic carbocycles. The average Bonchev–Trinajstić information content (AvgIpc) is 2.38. The van der Waals surface area contributed by atoms with E-state index in [4.69, 9.17) is 5.11 Å². The largest absolute Gasteiger partial charge is 0.772 e. The Kier molecular flexibility index (Phi) is 4.16. The number of aromatic carboxylic acids is 1. The molecule has 0 fully saturated rings. The molecule has 104 valence electrons. The summed E-state index contributed by atoms with van der Waals surface area (Å²) in [4.78, 5) is 18.6. The molecule has 0 saturated heterocycles. The van der Waals surface area contributed by atoms with Crippen molar-refractivity contribution in [2.45, 2.75) is 5.75 Å². The lowest BCUT2D eigenvalue weighted by Gasteiger charge is -2.09. The predicted octanol–water partition coefficient (Wildman–Crippen LogP) is 1.36. The number of nitrogens with zero attached hydrogens (tertiary/aromatic N) is 2. The van der Waals surface area contributed by atoms with Crippen LogP contribution >= 0.6 is 0 Å². The molecular weight excluding hydrogens is 287 g/mol. The maximum Gasteiger partial charge on any atom is 0.339 e. The molecule has 1 aromatic heterocycles. The summed E-state index contributed by atoms with van der Waals surface area (Å²) >= 11 is -2.42. The normalized spacial score (nSPS) is 12.1. The molecule has 1 aromatic carbocycles. The summed E-state index contributed by atoms with van der Waals surface area (Å²) in [5, 5.41) is 9.07. The quantitative estimate of drug-likeness (QED) is 0.854. The molecule has 0 bridgehead atoms. The number of halogens is 1. The molecule has 0 radical (unpaired) electrons. The summed E-state index contributed by atoms with van der Waals surface area (Å²) in [5.74, 6) is -2.54. The van der Waals surface area contributed by atoms with Gasteiger partial charge in [0.25, 0.3) is 0 Å². The molecule has 0 amide bonds. The molecule has 0 spiro atoms. The number of hydrogen-bond acceptors (Lipinski definition) is 5. The lowest BCUT2D eigenvalue weighted by molar-refractivity contribution is 0.0697. The SMILES string of the molecule is O=C(O)c1cnc(CS(=O)[O-])nc1-c1ccccc1F. The number of hydrogen-bond donors (Lipinski definition) is 1. The fourth-order valence-corrected chi connectivity index (χ4v) is 1.96. The van der Waals surface area contributed by atoms with Crippen LogP contribution < -0.4 is 0 Å². The van der Waals surface area contributed by atoms with Crippen molar-refractivity contribution in [3.63, 3.8) is 0 Å². The molecule has 0 aliphatic heterocycles. The summed E-state index contributed by atoms with van der Waals surface area (Å²) in [6.45, 7) is 0. The zero-order chi connectivity index (χ0) is 14.7. The van der Waals surface area contributed by atoms with Gasteiger partial charge in [-0.25, -0.2) is 19.2 Å². The van der Waals surface area contributed by atoms with E-state index in [1.165, 1.54) is 18.2 Å². The van der Waals surface area contributed by atoms with Crippen molar-refractivity contribution in [3.8, 4) is 11.3 Å². The molecule has 0 saturated carbocycles. The van der Waals surface area contributed by atoms with Crippen LogP contribution in [0.3, 0.4) is 0 Å². The van der Waals surface area contributed by atoms with Gasteiger partial charge in [-0.15, -0.1) is 0 Å². The second kappa shape index (κ2) is 5.85. The average molecular weight is 295 g/mol. The monoisotopic (exact) mass is 295 g/mol. The predicted molar refractivity (Wildman–Crippen MR) is 67.0 cm³/mol. The minimum absolute atomic E-state index is 0.0229. The van der Waals surface area contributed by atoms with Gasteiger partial charge in [-0.05, 0) is 23.2 Å². The second-order valence-electron chi connectivity index (χ2n) is 3.78. The molecule has 2 aromatic rings. The van der Waals surface area contributed by atoms with Crippen molar-refractivity contribution >= 4 is 17.0 Å². The molecule has 0 aliphatic rings. The first-order valence-electron chi connectivity index (χ1n) is 5.39. The number of carboxylic acid groups (broad SMARTS) is 1. The molecule has 1 unspecified atom stereocenters. The summed E-state index contributed by atoms with van der Waals surface area (Å²) in [6, 6.07) is 5.50. The van der Waals surface area contributed by atoms with Crippen LogP contribution in [0.4, 0.5) is 4.39 Å². The van der Waals surface area contributed by atoms with E-state index in [-0.39, 0.29) is 22.6 Å². The van der Waals surface area contributed by atoms with Crippen molar-refractivity contribution in [2.75, 3.05) is 0 Å². The van der Waals surface area contributed by atoms with Gasteiger partial charge in [0.2, 0.25) is 0 Å². The summed E-state index contributed by atoms with van der Waals surface area (Å²) in [7, 11) is 0. The number of carboxylic acids is 1. The van der Waals surface area contributed by atoms with E-state index in [9.17, 15) is 17.9 Å². The minimum atomic E-state index is -2.42. The second-order valence-corrected chi connectivity index (χ2v) is 4.68. The highest BCUT2D eigenvalue weighted by molar-refractivity contribution is 7.78. The third-order valence-corrected chi connectivity index (χ3v) is 2.94. The Balaban J connectivity index is 2.61. The van der Waals surface area contributed by atoms with Gasteiger partial charge in [0.05, 0.1) is 11.4 Å². The standard InChI is InChI=1S/C12H9FN2O4S/c13-9-4-2-1-3-7(9)11-8(12(16)17)5-14-10(15-11)6-20(18)19/h1-5H,6H2,(H,16,17)(H,18,19)/p-1. The zero-order valence-electron chi connectivity index (χ0n) is 9.95. The Bertz CT molecular complexity index is 693. The van der Waals surface area contributed by atoms with E-state index < -0.39 is 28.6 Å². The molecule has 1 N–H and O–H groups in total. The number of carbonyl (C=O) groups is 1. The first-order valence-corrected chi connectivity index (χ1v) is 6.63. The van der Waals surface area contributed by atoms with E-state index in [0.717, 1.165) is 12.3 Å². The topological polar surface area (TPSA) is 103 Å². The first-order chi connectivity index (χ1) is 9.49. The van der Waals surface area contributed by atoms with E-state index >= 15 is 0 Å². The van der Waals surface area contributed by atoms with Crippen LogP contribution in [0, 0.1) is 5.82 Å². The molecular formula is C12H8FN2O4S-. The third-order valence-electron chi connectivity index (χ3n) is 2.44. The van der Waals surface area contributed by atoms with Gasteiger partial charge in [0, 0.05) is 11.8 Å². The zero-order valence-corrected chi connectivity index (χ0v) is 10.8. The highest BCUT2D eigenvalue weighted by atomic mass is 32.2. The van der Waals surface area contributed by atoms with E-state index in [1.807, 2.05) is 0 Å². The molecule has 20 heavy (non-hydrogen) atoms. The van der Waals surface area contributed by atoms with Gasteiger partial charge >= 0.3 is 5.97 Å². The molecule has 6 nitrogen and oxygen atoms in total. The minimum Gasteiger partial charge on any atom is -0.772 e. The van der Waals surface area contributed by atoms with Crippen LogP contribution in [0.1, 0.15) is 16.2 Å². The Morgan fingerprint density at radius 3 is 2.70 bits per heavy atom. The maximum atomic E-state index is 13.7. The number of rotatable bonds is 4. The molecule has 1 heterocycles. The number of aromatic nitrogens is 2. The van der Waals surface area contributed by atoms with Gasteiger partial charge in [-0.2, -0.15) is 0 Å². The van der Waals surface area contributed by atoms with E-state index in [1.54, 1.807) is 0 Å². The first kappa shape index (κ1) is 14.2. The van der Waals surface area contributed by atoms with Crippen LogP contribution in [-0.4, -0.2) is 29.8 Å². The lowest BCUT2D eigenvalue weighted by atomic mass is 10.1. The molecule has 8 heteroatoms. The van der Waals surface area contributed by atoms with Crippen LogP contribution in [0.15, 0.2) is 30.5 Å². The van der Waals surface area contributed by atoms with E-state index in [0.29, 0.717) is 0 Å². The van der Waals surface area contributed by atoms with Crippen LogP contribution in [0.5, 0.6) is 0 Å². The number of benzene rings is 1. The van der Waals surface area contributed by atoms with Gasteiger partial charge in [0.1, 0.15) is 17.2 Å². The Morgan fingerprint density at radius 2 is 2.10 bits per heavy atom. The molecule has 1 atom stereocenters. The van der Waals surface area contributed by atoms with Crippen molar-refractivity contribution in [3.05, 3.63) is 47.7 Å². The lowest BCUT2D eigenvalue weighted by Crippen LogP contribution is -2.08. The van der Waals surface area contributed by atoms with Gasteiger partial charge in [-0.3, -0.25) is 4.21 Å². The Morgan fingerprint density at radius 1 is 1.40 bits per heavy atom. The fourth-order valence-electron chi connectivity index (χ4n) is 1.61. The third kappa shape index (κ3) is 3.03. The van der Waals surface area contributed by atoms with E-state index in [2.05, 4.69) is 9.97 Å². The Labute approximate surface area is 115 Å². The van der Waals surface area contributed by atoms with Crippen LogP contribution in [0.2, 0.25) is 0 Å². The Hall–Kier alpha value is -2.19. The maximum absolute atomic E-state index is 13.7. The fraction of sp³-hybridized carbons (Fsp3) is 0.0833. The van der Waals surface area contributed by atoms with Crippen molar-refractivity contribution in [1.29, 1.82) is 0 Å². The summed E-state index contributed by atoms with van der Waals surface area (Å²) in [5.41, 5.74) is -0.466.